The molecule has 0 radical (unpaired) electrons. The lowest BCUT2D eigenvalue weighted by Gasteiger charge is -2.29. The van der Waals surface area contributed by atoms with Crippen LogP contribution in [0.5, 0.6) is 0 Å². The molecule has 0 heterocycles. The lowest BCUT2D eigenvalue weighted by atomic mass is 10.0. The number of ether oxygens (including phenoxy) is 3. The van der Waals surface area contributed by atoms with Gasteiger partial charge in [-0.25, -0.2) is 9.59 Å². The van der Waals surface area contributed by atoms with Crippen LogP contribution in [0.2, 0.25) is 0 Å². The molecule has 0 aromatic carbocycles. The normalized spacial score (nSPS) is 15.4. The Morgan fingerprint density at radius 1 is 1.12 bits per heavy atom. The topological polar surface area (TPSA) is 73.9 Å². The van der Waals surface area contributed by atoms with Gasteiger partial charge in [0.1, 0.15) is 17.7 Å². The standard InChI is InChI=1S/C18H33NO5/c1-11(2)10-22-14(6)15(12(3)4)23-16(20)13(5)19-17(21)24-18(7,8)9/h12-15H,1,10H2,2-9H3,(H,19,21)/t13-,14-,15-/m0/s1. The van der Waals surface area contributed by atoms with Crippen molar-refractivity contribution >= 4 is 12.1 Å². The van der Waals surface area contributed by atoms with Crippen LogP contribution in [0, 0.1) is 5.92 Å². The molecule has 0 fully saturated rings. The number of rotatable bonds is 8. The predicted molar refractivity (Wildman–Crippen MR) is 93.8 cm³/mol. The van der Waals surface area contributed by atoms with Crippen molar-refractivity contribution in [3.8, 4) is 0 Å². The third kappa shape index (κ3) is 9.55. The Hall–Kier alpha value is -1.56. The molecule has 0 aliphatic carbocycles. The number of hydrogen-bond acceptors (Lipinski definition) is 5. The number of carbonyl (C=O) groups is 2. The van der Waals surface area contributed by atoms with E-state index in [1.807, 2.05) is 27.7 Å². The molecule has 0 aliphatic rings. The summed E-state index contributed by atoms with van der Waals surface area (Å²) in [6.07, 6.45) is -1.35. The zero-order valence-corrected chi connectivity index (χ0v) is 16.3. The van der Waals surface area contributed by atoms with Gasteiger partial charge in [-0.2, -0.15) is 0 Å². The van der Waals surface area contributed by atoms with E-state index in [4.69, 9.17) is 14.2 Å². The summed E-state index contributed by atoms with van der Waals surface area (Å²) in [7, 11) is 0. The highest BCUT2D eigenvalue weighted by Crippen LogP contribution is 2.16. The summed E-state index contributed by atoms with van der Waals surface area (Å²) < 4.78 is 16.3. The molecule has 0 aromatic heterocycles. The summed E-state index contributed by atoms with van der Waals surface area (Å²) in [5.74, 6) is -0.451. The Kier molecular flexibility index (Phi) is 9.04. The molecule has 24 heavy (non-hydrogen) atoms. The van der Waals surface area contributed by atoms with Crippen molar-refractivity contribution in [1.29, 1.82) is 0 Å². The fourth-order valence-corrected chi connectivity index (χ4v) is 1.92. The Morgan fingerprint density at radius 3 is 2.08 bits per heavy atom. The maximum absolute atomic E-state index is 12.2. The lowest BCUT2D eigenvalue weighted by Crippen LogP contribution is -2.45. The van der Waals surface area contributed by atoms with Crippen molar-refractivity contribution in [2.24, 2.45) is 5.92 Å². The average molecular weight is 343 g/mol. The van der Waals surface area contributed by atoms with Gasteiger partial charge >= 0.3 is 12.1 Å². The van der Waals surface area contributed by atoms with Gasteiger partial charge in [-0.05, 0) is 47.5 Å². The lowest BCUT2D eigenvalue weighted by molar-refractivity contribution is -0.162. The fourth-order valence-electron chi connectivity index (χ4n) is 1.92. The number of nitrogens with one attached hydrogen (secondary N) is 1. The molecule has 0 aliphatic heterocycles. The molecule has 6 heteroatoms. The van der Waals surface area contributed by atoms with Gasteiger partial charge in [-0.3, -0.25) is 0 Å². The summed E-state index contributed by atoms with van der Waals surface area (Å²) in [4.78, 5) is 24.0. The molecule has 6 nitrogen and oxygen atoms in total. The molecule has 0 saturated heterocycles. The second-order valence-electron chi connectivity index (χ2n) is 7.49. The van der Waals surface area contributed by atoms with Crippen LogP contribution in [0.1, 0.15) is 55.4 Å². The molecular weight excluding hydrogens is 310 g/mol. The highest BCUT2D eigenvalue weighted by atomic mass is 16.6. The van der Waals surface area contributed by atoms with Crippen LogP contribution in [0.15, 0.2) is 12.2 Å². The highest BCUT2D eigenvalue weighted by Gasteiger charge is 2.29. The average Bonchev–Trinajstić information content (AvgIpc) is 2.38. The third-order valence-electron chi connectivity index (χ3n) is 3.05. The first-order valence-electron chi connectivity index (χ1n) is 8.29. The summed E-state index contributed by atoms with van der Waals surface area (Å²) >= 11 is 0. The van der Waals surface area contributed by atoms with Crippen molar-refractivity contribution in [2.45, 2.75) is 79.2 Å². The van der Waals surface area contributed by atoms with E-state index >= 15 is 0 Å². The highest BCUT2D eigenvalue weighted by molar-refractivity contribution is 5.81. The van der Waals surface area contributed by atoms with Gasteiger partial charge < -0.3 is 19.5 Å². The van der Waals surface area contributed by atoms with E-state index in [1.54, 1.807) is 27.7 Å². The molecule has 0 spiro atoms. The van der Waals surface area contributed by atoms with Gasteiger partial charge in [0.15, 0.2) is 0 Å². The van der Waals surface area contributed by atoms with Crippen LogP contribution in [0.25, 0.3) is 0 Å². The maximum atomic E-state index is 12.2. The van der Waals surface area contributed by atoms with Crippen molar-refractivity contribution < 1.29 is 23.8 Å². The second kappa shape index (κ2) is 9.67. The number of hydrogen-bond donors (Lipinski definition) is 1. The molecular formula is C18H33NO5. The van der Waals surface area contributed by atoms with Crippen molar-refractivity contribution in [2.75, 3.05) is 6.61 Å². The smallest absolute Gasteiger partial charge is 0.408 e. The Balaban J connectivity index is 4.65. The first kappa shape index (κ1) is 22.4. The van der Waals surface area contributed by atoms with Crippen molar-refractivity contribution in [3.63, 3.8) is 0 Å². The SMILES string of the molecule is C=C(C)CO[C@@H](C)[C@@H](OC(=O)[C@H](C)NC(=O)OC(C)(C)C)C(C)C. The fraction of sp³-hybridized carbons (Fsp3) is 0.778. The molecule has 0 unspecified atom stereocenters. The first-order valence-corrected chi connectivity index (χ1v) is 8.29. The van der Waals surface area contributed by atoms with E-state index in [2.05, 4.69) is 11.9 Å². The summed E-state index contributed by atoms with van der Waals surface area (Å²) in [6, 6.07) is -0.811. The van der Waals surface area contributed by atoms with Gasteiger partial charge in [0.05, 0.1) is 12.7 Å². The Morgan fingerprint density at radius 2 is 1.67 bits per heavy atom. The number of esters is 1. The predicted octanol–water partition coefficient (Wildman–Crippen LogP) is 3.45. The minimum Gasteiger partial charge on any atom is -0.458 e. The monoisotopic (exact) mass is 343 g/mol. The molecule has 1 amide bonds. The second-order valence-corrected chi connectivity index (χ2v) is 7.49. The molecule has 1 N–H and O–H groups in total. The van der Waals surface area contributed by atoms with E-state index < -0.39 is 29.8 Å². The zero-order chi connectivity index (χ0) is 19.1. The van der Waals surface area contributed by atoms with Crippen LogP contribution < -0.4 is 5.32 Å². The van der Waals surface area contributed by atoms with Gasteiger partial charge in [-0.15, -0.1) is 0 Å². The van der Waals surface area contributed by atoms with Crippen LogP contribution in [-0.4, -0.2) is 42.5 Å². The number of amides is 1. The van der Waals surface area contributed by atoms with E-state index in [1.165, 1.54) is 0 Å². The number of alkyl carbamates (subject to hydrolysis) is 1. The maximum Gasteiger partial charge on any atom is 0.408 e. The third-order valence-corrected chi connectivity index (χ3v) is 3.05. The van der Waals surface area contributed by atoms with E-state index in [0.29, 0.717) is 6.61 Å². The van der Waals surface area contributed by atoms with Crippen LogP contribution >= 0.6 is 0 Å². The van der Waals surface area contributed by atoms with Gasteiger partial charge in [0.2, 0.25) is 0 Å². The van der Waals surface area contributed by atoms with Gasteiger partial charge in [0.25, 0.3) is 0 Å². The first-order chi connectivity index (χ1) is 10.8. The summed E-state index contributed by atoms with van der Waals surface area (Å²) in [5.41, 5.74) is 0.273. The van der Waals surface area contributed by atoms with Gasteiger partial charge in [-0.1, -0.05) is 26.0 Å². The molecule has 0 saturated carbocycles. The van der Waals surface area contributed by atoms with E-state index in [0.717, 1.165) is 5.57 Å². The summed E-state index contributed by atoms with van der Waals surface area (Å²) in [6.45, 7) is 18.6. The van der Waals surface area contributed by atoms with E-state index in [9.17, 15) is 9.59 Å². The van der Waals surface area contributed by atoms with Gasteiger partial charge in [0, 0.05) is 0 Å². The van der Waals surface area contributed by atoms with Crippen LogP contribution in [0.4, 0.5) is 4.79 Å². The van der Waals surface area contributed by atoms with Crippen LogP contribution in [-0.2, 0) is 19.0 Å². The van der Waals surface area contributed by atoms with Crippen molar-refractivity contribution in [1.82, 2.24) is 5.32 Å². The van der Waals surface area contributed by atoms with Crippen LogP contribution in [0.3, 0.4) is 0 Å². The molecule has 140 valence electrons. The summed E-state index contributed by atoms with van der Waals surface area (Å²) in [5, 5.41) is 2.48. The molecule has 3 atom stereocenters. The molecule has 0 bridgehead atoms. The zero-order valence-electron chi connectivity index (χ0n) is 16.3. The molecule has 0 aromatic rings. The molecule has 0 rings (SSSR count). The van der Waals surface area contributed by atoms with E-state index in [-0.39, 0.29) is 12.0 Å². The number of carbonyl (C=O) groups excluding carboxylic acids is 2. The Bertz CT molecular complexity index is 439. The minimum absolute atomic E-state index is 0.0720. The largest absolute Gasteiger partial charge is 0.458 e. The Labute approximate surface area is 145 Å². The quantitative estimate of drug-likeness (QED) is 0.540. The minimum atomic E-state index is -0.811. The van der Waals surface area contributed by atoms with Crippen molar-refractivity contribution in [3.05, 3.63) is 12.2 Å².